The molecule has 0 radical (unpaired) electrons. The Morgan fingerprint density at radius 1 is 1.33 bits per heavy atom. The number of fused-ring (bicyclic) bond motifs is 1. The average Bonchev–Trinajstić information content (AvgIpc) is 2.51. The number of aromatic nitrogens is 1. The minimum atomic E-state index is 0.562. The van der Waals surface area contributed by atoms with Gasteiger partial charge in [-0.2, -0.15) is 0 Å². The largest absolute Gasteiger partial charge is 0.388 e. The predicted molar refractivity (Wildman–Crippen MR) is 44.5 cm³/mol. The van der Waals surface area contributed by atoms with Crippen LogP contribution >= 0.6 is 0 Å². The first-order valence-corrected chi connectivity index (χ1v) is 3.53. The first-order chi connectivity index (χ1) is 5.90. The molecule has 0 saturated heterocycles. The van der Waals surface area contributed by atoms with Gasteiger partial charge in [-0.25, -0.2) is 0 Å². The molecule has 1 aromatic carbocycles. The van der Waals surface area contributed by atoms with E-state index in [2.05, 4.69) is 9.72 Å². The van der Waals surface area contributed by atoms with Crippen LogP contribution in [0.2, 0.25) is 0 Å². The Morgan fingerprint density at radius 2 is 2.25 bits per heavy atom. The molecular formula is C9H6N2O. The lowest BCUT2D eigenvalue weighted by Gasteiger charge is -1.94. The van der Waals surface area contributed by atoms with Gasteiger partial charge in [0.1, 0.15) is 5.75 Å². The predicted octanol–water partition coefficient (Wildman–Crippen LogP) is 2.03. The molecule has 1 N–H and O–H groups in total. The van der Waals surface area contributed by atoms with Crippen LogP contribution in [-0.4, -0.2) is 4.98 Å². The highest BCUT2D eigenvalue weighted by atomic mass is 16.5. The number of rotatable bonds is 1. The number of hydrogen-bond donors (Lipinski definition) is 1. The van der Waals surface area contributed by atoms with E-state index in [0.29, 0.717) is 5.75 Å². The summed E-state index contributed by atoms with van der Waals surface area (Å²) in [5, 5.41) is 9.37. The molecule has 1 heterocycles. The molecule has 0 aliphatic carbocycles. The minimum absolute atomic E-state index is 0.562. The fraction of sp³-hybridized carbons (Fsp3) is 0. The number of nitriles is 1. The molecular weight excluding hydrogens is 152 g/mol. The number of hydrogen-bond acceptors (Lipinski definition) is 2. The van der Waals surface area contributed by atoms with Gasteiger partial charge in [-0.1, -0.05) is 0 Å². The van der Waals surface area contributed by atoms with Crippen molar-refractivity contribution in [2.24, 2.45) is 0 Å². The normalized spacial score (nSPS) is 9.58. The van der Waals surface area contributed by atoms with Gasteiger partial charge in [0.05, 0.1) is 0 Å². The van der Waals surface area contributed by atoms with Crippen LogP contribution in [0.4, 0.5) is 0 Å². The third-order valence-electron chi connectivity index (χ3n) is 1.69. The molecule has 0 unspecified atom stereocenters. The fourth-order valence-corrected chi connectivity index (χ4v) is 1.14. The molecule has 3 heteroatoms. The van der Waals surface area contributed by atoms with Gasteiger partial charge in [0.15, 0.2) is 0 Å². The quantitative estimate of drug-likeness (QED) is 0.645. The summed E-state index contributed by atoms with van der Waals surface area (Å²) in [5.74, 6) is 0.562. The molecule has 2 aromatic rings. The maximum atomic E-state index is 8.26. The molecule has 3 nitrogen and oxygen atoms in total. The Morgan fingerprint density at radius 3 is 3.08 bits per heavy atom. The van der Waals surface area contributed by atoms with Crippen LogP contribution in [0.3, 0.4) is 0 Å². The van der Waals surface area contributed by atoms with Crippen molar-refractivity contribution in [3.63, 3.8) is 0 Å². The number of benzene rings is 1. The van der Waals surface area contributed by atoms with Gasteiger partial charge in [-0.3, -0.25) is 0 Å². The molecule has 1 aromatic heterocycles. The van der Waals surface area contributed by atoms with Gasteiger partial charge >= 0.3 is 0 Å². The SMILES string of the molecule is N#COc1ccc2cc[nH]c2c1. The van der Waals surface area contributed by atoms with Gasteiger partial charge in [0.2, 0.25) is 0 Å². The maximum absolute atomic E-state index is 8.26. The highest BCUT2D eigenvalue weighted by molar-refractivity contribution is 5.80. The first kappa shape index (κ1) is 6.74. The molecule has 0 atom stereocenters. The molecule has 0 bridgehead atoms. The second-order valence-electron chi connectivity index (χ2n) is 2.42. The smallest absolute Gasteiger partial charge is 0.292 e. The van der Waals surface area contributed by atoms with Crippen LogP contribution in [0.25, 0.3) is 10.9 Å². The fourth-order valence-electron chi connectivity index (χ4n) is 1.14. The van der Waals surface area contributed by atoms with Gasteiger partial charge in [-0.05, 0) is 23.6 Å². The maximum Gasteiger partial charge on any atom is 0.292 e. The number of ether oxygens (including phenoxy) is 1. The number of aromatic amines is 1. The summed E-state index contributed by atoms with van der Waals surface area (Å²) in [5.41, 5.74) is 0.975. The van der Waals surface area contributed by atoms with Crippen molar-refractivity contribution in [2.45, 2.75) is 0 Å². The second-order valence-corrected chi connectivity index (χ2v) is 2.42. The van der Waals surface area contributed by atoms with Crippen molar-refractivity contribution < 1.29 is 4.74 Å². The van der Waals surface area contributed by atoms with Crippen LogP contribution in [0.5, 0.6) is 5.75 Å². The van der Waals surface area contributed by atoms with Crippen molar-refractivity contribution in [1.82, 2.24) is 4.98 Å². The number of H-pyrrole nitrogens is 1. The molecule has 0 aliphatic rings. The Bertz CT molecular complexity index is 439. The topological polar surface area (TPSA) is 48.8 Å². The van der Waals surface area contributed by atoms with Crippen LogP contribution < -0.4 is 4.74 Å². The van der Waals surface area contributed by atoms with Crippen molar-refractivity contribution in [3.8, 4) is 12.0 Å². The molecule has 0 aliphatic heterocycles. The van der Waals surface area contributed by atoms with E-state index in [1.165, 1.54) is 0 Å². The van der Waals surface area contributed by atoms with E-state index in [4.69, 9.17) is 5.26 Å². The summed E-state index contributed by atoms with van der Waals surface area (Å²) in [4.78, 5) is 3.03. The second kappa shape index (κ2) is 2.59. The van der Waals surface area contributed by atoms with Crippen molar-refractivity contribution >= 4 is 10.9 Å². The standard InChI is InChI=1S/C9H6N2O/c10-6-12-8-2-1-7-3-4-11-9(7)5-8/h1-5,11H. The summed E-state index contributed by atoms with van der Waals surface area (Å²) < 4.78 is 4.67. The zero-order chi connectivity index (χ0) is 8.39. The summed E-state index contributed by atoms with van der Waals surface area (Å²) >= 11 is 0. The van der Waals surface area contributed by atoms with Crippen molar-refractivity contribution in [1.29, 1.82) is 5.26 Å². The van der Waals surface area contributed by atoms with E-state index in [1.807, 2.05) is 18.3 Å². The zero-order valence-electron chi connectivity index (χ0n) is 6.24. The van der Waals surface area contributed by atoms with E-state index >= 15 is 0 Å². The Labute approximate surface area is 69.2 Å². The third kappa shape index (κ3) is 0.995. The van der Waals surface area contributed by atoms with E-state index in [1.54, 1.807) is 18.4 Å². The Balaban J connectivity index is 2.54. The van der Waals surface area contributed by atoms with Crippen LogP contribution in [0, 0.1) is 11.5 Å². The molecule has 0 amide bonds. The first-order valence-electron chi connectivity index (χ1n) is 3.53. The Kier molecular flexibility index (Phi) is 1.45. The highest BCUT2D eigenvalue weighted by Gasteiger charge is 1.96. The lowest BCUT2D eigenvalue weighted by molar-refractivity contribution is 0.508. The van der Waals surface area contributed by atoms with Gasteiger partial charge in [0.25, 0.3) is 6.26 Å². The molecule has 12 heavy (non-hydrogen) atoms. The summed E-state index contributed by atoms with van der Waals surface area (Å²) in [7, 11) is 0. The van der Waals surface area contributed by atoms with Crippen LogP contribution in [0.15, 0.2) is 30.5 Å². The van der Waals surface area contributed by atoms with E-state index in [0.717, 1.165) is 10.9 Å². The monoisotopic (exact) mass is 158 g/mol. The summed E-state index contributed by atoms with van der Waals surface area (Å²) in [6.45, 7) is 0. The van der Waals surface area contributed by atoms with Gasteiger partial charge < -0.3 is 9.72 Å². The van der Waals surface area contributed by atoms with Gasteiger partial charge in [-0.15, -0.1) is 5.26 Å². The third-order valence-corrected chi connectivity index (χ3v) is 1.69. The van der Waals surface area contributed by atoms with E-state index in [9.17, 15) is 0 Å². The van der Waals surface area contributed by atoms with E-state index in [-0.39, 0.29) is 0 Å². The minimum Gasteiger partial charge on any atom is -0.388 e. The Hall–Kier alpha value is -1.95. The lowest BCUT2D eigenvalue weighted by Crippen LogP contribution is -1.80. The lowest BCUT2D eigenvalue weighted by atomic mass is 10.2. The summed E-state index contributed by atoms with van der Waals surface area (Å²) in [6.07, 6.45) is 3.48. The molecule has 58 valence electrons. The molecule has 0 fully saturated rings. The van der Waals surface area contributed by atoms with Crippen molar-refractivity contribution in [3.05, 3.63) is 30.5 Å². The number of nitrogens with zero attached hydrogens (tertiary/aromatic N) is 1. The molecule has 0 saturated carbocycles. The van der Waals surface area contributed by atoms with E-state index < -0.39 is 0 Å². The zero-order valence-corrected chi connectivity index (χ0v) is 6.24. The average molecular weight is 158 g/mol. The van der Waals surface area contributed by atoms with Gasteiger partial charge in [0, 0.05) is 17.8 Å². The highest BCUT2D eigenvalue weighted by Crippen LogP contribution is 2.18. The van der Waals surface area contributed by atoms with Crippen molar-refractivity contribution in [2.75, 3.05) is 0 Å². The van der Waals surface area contributed by atoms with Crippen LogP contribution in [-0.2, 0) is 0 Å². The van der Waals surface area contributed by atoms with Crippen LogP contribution in [0.1, 0.15) is 0 Å². The molecule has 2 rings (SSSR count). The number of nitrogens with one attached hydrogen (secondary N) is 1. The summed E-state index contributed by atoms with van der Waals surface area (Å²) in [6, 6.07) is 7.42. The molecule has 0 spiro atoms.